The summed E-state index contributed by atoms with van der Waals surface area (Å²) in [4.78, 5) is 2.38. The molecule has 100 valence electrons. The molecule has 0 spiro atoms. The lowest BCUT2D eigenvalue weighted by atomic mass is 9.98. The van der Waals surface area contributed by atoms with E-state index in [-0.39, 0.29) is 5.54 Å². The Labute approximate surface area is 116 Å². The Hall–Kier alpha value is -1.60. The molecule has 0 aliphatic heterocycles. The third-order valence-electron chi connectivity index (χ3n) is 3.65. The maximum Gasteiger partial charge on any atom is 0.0242 e. The summed E-state index contributed by atoms with van der Waals surface area (Å²) in [5.41, 5.74) is 4.19. The number of hydrogen-bond acceptors (Lipinski definition) is 1. The van der Waals surface area contributed by atoms with Crippen LogP contribution in [0.15, 0.2) is 54.6 Å². The van der Waals surface area contributed by atoms with Gasteiger partial charge in [-0.25, -0.2) is 0 Å². The van der Waals surface area contributed by atoms with Gasteiger partial charge in [-0.2, -0.15) is 0 Å². The quantitative estimate of drug-likeness (QED) is 0.773. The van der Waals surface area contributed by atoms with E-state index in [0.717, 1.165) is 6.54 Å². The SMILES string of the molecule is CN(Cc1ccccc1-c1ccccc1)C(C)(C)C. The standard InChI is InChI=1S/C18H23N/c1-18(2,3)19(4)14-16-12-8-9-13-17(16)15-10-6-5-7-11-15/h5-13H,14H2,1-4H3. The van der Waals surface area contributed by atoms with Crippen LogP contribution in [0.2, 0.25) is 0 Å². The van der Waals surface area contributed by atoms with Gasteiger partial charge in [-0.1, -0.05) is 54.6 Å². The van der Waals surface area contributed by atoms with Gasteiger partial charge in [-0.3, -0.25) is 4.90 Å². The van der Waals surface area contributed by atoms with Gasteiger partial charge in [0.25, 0.3) is 0 Å². The number of rotatable bonds is 3. The molecule has 1 heteroatoms. The normalized spacial score (nSPS) is 11.8. The van der Waals surface area contributed by atoms with Crippen LogP contribution in [0.5, 0.6) is 0 Å². The first-order chi connectivity index (χ1) is 8.98. The minimum atomic E-state index is 0.184. The third-order valence-corrected chi connectivity index (χ3v) is 3.65. The Morgan fingerprint density at radius 1 is 0.842 bits per heavy atom. The molecule has 0 fully saturated rings. The van der Waals surface area contributed by atoms with Crippen molar-refractivity contribution in [3.05, 3.63) is 60.2 Å². The van der Waals surface area contributed by atoms with E-state index in [1.807, 2.05) is 0 Å². The highest BCUT2D eigenvalue weighted by Crippen LogP contribution is 2.25. The average molecular weight is 253 g/mol. The first-order valence-corrected chi connectivity index (χ1v) is 6.83. The zero-order valence-corrected chi connectivity index (χ0v) is 12.4. The molecule has 2 aromatic rings. The monoisotopic (exact) mass is 253 g/mol. The van der Waals surface area contributed by atoms with Crippen LogP contribution in [0.25, 0.3) is 11.1 Å². The number of hydrogen-bond donors (Lipinski definition) is 0. The van der Waals surface area contributed by atoms with Crippen LogP contribution in [-0.4, -0.2) is 17.5 Å². The van der Waals surface area contributed by atoms with Gasteiger partial charge in [0, 0.05) is 12.1 Å². The zero-order chi connectivity index (χ0) is 13.9. The lowest BCUT2D eigenvalue weighted by Gasteiger charge is -2.32. The topological polar surface area (TPSA) is 3.24 Å². The van der Waals surface area contributed by atoms with Gasteiger partial charge in [0.15, 0.2) is 0 Å². The molecule has 1 nitrogen and oxygen atoms in total. The summed E-state index contributed by atoms with van der Waals surface area (Å²) in [6.45, 7) is 7.71. The smallest absolute Gasteiger partial charge is 0.0242 e. The van der Waals surface area contributed by atoms with Crippen molar-refractivity contribution in [2.24, 2.45) is 0 Å². The van der Waals surface area contributed by atoms with Gasteiger partial charge in [0.1, 0.15) is 0 Å². The first-order valence-electron chi connectivity index (χ1n) is 6.83. The molecule has 0 aliphatic rings. The Kier molecular flexibility index (Phi) is 4.06. The van der Waals surface area contributed by atoms with E-state index in [4.69, 9.17) is 0 Å². The largest absolute Gasteiger partial charge is 0.297 e. The van der Waals surface area contributed by atoms with Crippen molar-refractivity contribution in [3.8, 4) is 11.1 Å². The Morgan fingerprint density at radius 2 is 1.42 bits per heavy atom. The zero-order valence-electron chi connectivity index (χ0n) is 12.4. The molecule has 0 aliphatic carbocycles. The second-order valence-electron chi connectivity index (χ2n) is 6.05. The van der Waals surface area contributed by atoms with Gasteiger partial charge >= 0.3 is 0 Å². The molecule has 0 N–H and O–H groups in total. The first kappa shape index (κ1) is 13.8. The van der Waals surface area contributed by atoms with Crippen molar-refractivity contribution >= 4 is 0 Å². The van der Waals surface area contributed by atoms with Crippen molar-refractivity contribution in [3.63, 3.8) is 0 Å². The van der Waals surface area contributed by atoms with E-state index >= 15 is 0 Å². The van der Waals surface area contributed by atoms with Crippen molar-refractivity contribution in [2.75, 3.05) is 7.05 Å². The van der Waals surface area contributed by atoms with Crippen LogP contribution in [0.3, 0.4) is 0 Å². The van der Waals surface area contributed by atoms with Gasteiger partial charge < -0.3 is 0 Å². The lowest BCUT2D eigenvalue weighted by Crippen LogP contribution is -2.37. The van der Waals surface area contributed by atoms with E-state index in [1.165, 1.54) is 16.7 Å². The summed E-state index contributed by atoms with van der Waals surface area (Å²) >= 11 is 0. The molecule has 0 radical (unpaired) electrons. The predicted octanol–water partition coefficient (Wildman–Crippen LogP) is 4.58. The minimum absolute atomic E-state index is 0.184. The summed E-state index contributed by atoms with van der Waals surface area (Å²) in [6.07, 6.45) is 0. The van der Waals surface area contributed by atoms with E-state index in [2.05, 4.69) is 87.3 Å². The molecule has 0 saturated carbocycles. The number of benzene rings is 2. The third kappa shape index (κ3) is 3.45. The van der Waals surface area contributed by atoms with Crippen LogP contribution in [0, 0.1) is 0 Å². The molecular formula is C18H23N. The van der Waals surface area contributed by atoms with Crippen molar-refractivity contribution in [1.82, 2.24) is 4.90 Å². The molecule has 0 amide bonds. The van der Waals surface area contributed by atoms with Crippen molar-refractivity contribution in [1.29, 1.82) is 0 Å². The summed E-state index contributed by atoms with van der Waals surface area (Å²) in [7, 11) is 2.18. The second-order valence-corrected chi connectivity index (χ2v) is 6.05. The molecule has 0 bridgehead atoms. The van der Waals surface area contributed by atoms with Crippen LogP contribution < -0.4 is 0 Å². The fourth-order valence-electron chi connectivity index (χ4n) is 2.05. The lowest BCUT2D eigenvalue weighted by molar-refractivity contribution is 0.167. The van der Waals surface area contributed by atoms with Crippen LogP contribution in [-0.2, 0) is 6.54 Å². The predicted molar refractivity (Wildman–Crippen MR) is 83.1 cm³/mol. The highest BCUT2D eigenvalue weighted by Gasteiger charge is 2.18. The summed E-state index contributed by atoms with van der Waals surface area (Å²) in [5.74, 6) is 0. The van der Waals surface area contributed by atoms with Gasteiger partial charge in [-0.05, 0) is 44.5 Å². The van der Waals surface area contributed by atoms with Gasteiger partial charge in [-0.15, -0.1) is 0 Å². The van der Waals surface area contributed by atoms with E-state index in [1.54, 1.807) is 0 Å². The Bertz CT molecular complexity index is 523. The minimum Gasteiger partial charge on any atom is -0.297 e. The number of nitrogens with zero attached hydrogens (tertiary/aromatic N) is 1. The molecule has 19 heavy (non-hydrogen) atoms. The van der Waals surface area contributed by atoms with Crippen molar-refractivity contribution in [2.45, 2.75) is 32.9 Å². The molecule has 0 unspecified atom stereocenters. The summed E-state index contributed by atoms with van der Waals surface area (Å²) in [6, 6.07) is 19.3. The molecule has 0 aromatic heterocycles. The van der Waals surface area contributed by atoms with Gasteiger partial charge in [0.05, 0.1) is 0 Å². The Morgan fingerprint density at radius 3 is 2.05 bits per heavy atom. The van der Waals surface area contributed by atoms with E-state index in [9.17, 15) is 0 Å². The van der Waals surface area contributed by atoms with Crippen LogP contribution in [0.4, 0.5) is 0 Å². The Balaban J connectivity index is 2.32. The summed E-state index contributed by atoms with van der Waals surface area (Å²) < 4.78 is 0. The second kappa shape index (κ2) is 5.58. The molecular weight excluding hydrogens is 230 g/mol. The maximum atomic E-state index is 2.38. The highest BCUT2D eigenvalue weighted by atomic mass is 15.1. The van der Waals surface area contributed by atoms with Crippen molar-refractivity contribution < 1.29 is 0 Å². The van der Waals surface area contributed by atoms with Crippen LogP contribution >= 0.6 is 0 Å². The van der Waals surface area contributed by atoms with Crippen LogP contribution in [0.1, 0.15) is 26.3 Å². The molecule has 2 aromatic carbocycles. The van der Waals surface area contributed by atoms with E-state index < -0.39 is 0 Å². The molecule has 0 atom stereocenters. The highest BCUT2D eigenvalue weighted by molar-refractivity contribution is 5.67. The maximum absolute atomic E-state index is 2.38. The average Bonchev–Trinajstić information content (AvgIpc) is 2.39. The molecule has 0 saturated heterocycles. The van der Waals surface area contributed by atoms with E-state index in [0.29, 0.717) is 0 Å². The van der Waals surface area contributed by atoms with Gasteiger partial charge in [0.2, 0.25) is 0 Å². The fourth-order valence-corrected chi connectivity index (χ4v) is 2.05. The molecule has 2 rings (SSSR count). The molecule has 0 heterocycles. The fraction of sp³-hybridized carbons (Fsp3) is 0.333. The summed E-state index contributed by atoms with van der Waals surface area (Å²) in [5, 5.41) is 0.